The Balaban J connectivity index is 0.000000251. The fraction of sp³-hybridized carbons (Fsp3) is 0.345. The lowest BCUT2D eigenvalue weighted by molar-refractivity contribution is 0.0802. The molecule has 0 aliphatic heterocycles. The normalized spacial score (nSPS) is 10.1. The zero-order chi connectivity index (χ0) is 26.0. The SMILES string of the molecule is CC.CCN(C)C(=O)c1ccnc(C)c1.CCc1ccncc1-c1cc2cc(C)ncc2c(C)n1. The van der Waals surface area contributed by atoms with Crippen molar-refractivity contribution in [2.45, 2.75) is 54.9 Å². The van der Waals surface area contributed by atoms with Crippen molar-refractivity contribution in [3.8, 4) is 11.3 Å². The minimum Gasteiger partial charge on any atom is -0.342 e. The number of amides is 1. The summed E-state index contributed by atoms with van der Waals surface area (Å²) >= 11 is 0. The molecule has 0 atom stereocenters. The van der Waals surface area contributed by atoms with Crippen LogP contribution in [0.2, 0.25) is 0 Å². The average Bonchev–Trinajstić information content (AvgIpc) is 2.89. The number of carbonyl (C=O) groups is 1. The molecule has 4 aromatic heterocycles. The molecule has 0 fully saturated rings. The summed E-state index contributed by atoms with van der Waals surface area (Å²) in [5.74, 6) is 0.0491. The molecule has 0 spiro atoms. The van der Waals surface area contributed by atoms with E-state index in [9.17, 15) is 4.79 Å². The predicted octanol–water partition coefficient (Wildman–Crippen LogP) is 6.38. The van der Waals surface area contributed by atoms with Gasteiger partial charge in [0, 0.05) is 72.0 Å². The monoisotopic (exact) mass is 471 g/mol. The summed E-state index contributed by atoms with van der Waals surface area (Å²) in [7, 11) is 1.79. The van der Waals surface area contributed by atoms with Gasteiger partial charge in [0.05, 0.1) is 5.69 Å². The van der Waals surface area contributed by atoms with Gasteiger partial charge in [-0.15, -0.1) is 0 Å². The number of carbonyl (C=O) groups excluding carboxylic acids is 1. The van der Waals surface area contributed by atoms with Crippen LogP contribution in [0.3, 0.4) is 0 Å². The zero-order valence-corrected chi connectivity index (χ0v) is 22.3. The van der Waals surface area contributed by atoms with Gasteiger partial charge in [-0.25, -0.2) is 0 Å². The molecule has 0 aromatic carbocycles. The Bertz CT molecular complexity index is 1270. The van der Waals surface area contributed by atoms with Gasteiger partial charge >= 0.3 is 0 Å². The molecule has 0 saturated carbocycles. The highest BCUT2D eigenvalue weighted by atomic mass is 16.2. The van der Waals surface area contributed by atoms with E-state index in [0.717, 1.165) is 46.7 Å². The maximum Gasteiger partial charge on any atom is 0.253 e. The molecule has 4 aromatic rings. The molecule has 35 heavy (non-hydrogen) atoms. The first-order valence-electron chi connectivity index (χ1n) is 12.2. The van der Waals surface area contributed by atoms with Crippen molar-refractivity contribution in [3.63, 3.8) is 0 Å². The Hall–Kier alpha value is -3.67. The Labute approximate surface area is 209 Å². The lowest BCUT2D eigenvalue weighted by Gasteiger charge is -2.14. The largest absolute Gasteiger partial charge is 0.342 e. The first-order chi connectivity index (χ1) is 16.8. The first-order valence-corrected chi connectivity index (χ1v) is 12.2. The van der Waals surface area contributed by atoms with Crippen LogP contribution in [0.4, 0.5) is 0 Å². The van der Waals surface area contributed by atoms with Gasteiger partial charge in [-0.1, -0.05) is 20.8 Å². The van der Waals surface area contributed by atoms with Crippen LogP contribution in [0.1, 0.15) is 60.7 Å². The summed E-state index contributed by atoms with van der Waals surface area (Å²) in [5.41, 5.74) is 7.00. The van der Waals surface area contributed by atoms with E-state index in [1.54, 1.807) is 30.3 Å². The Morgan fingerprint density at radius 3 is 2.29 bits per heavy atom. The number of hydrogen-bond acceptors (Lipinski definition) is 5. The maximum atomic E-state index is 11.6. The van der Waals surface area contributed by atoms with Gasteiger partial charge in [0.25, 0.3) is 5.91 Å². The number of nitrogens with zero attached hydrogens (tertiary/aromatic N) is 5. The van der Waals surface area contributed by atoms with Crippen molar-refractivity contribution in [1.29, 1.82) is 0 Å². The quantitative estimate of drug-likeness (QED) is 0.345. The summed E-state index contributed by atoms with van der Waals surface area (Å²) < 4.78 is 0. The molecule has 184 valence electrons. The lowest BCUT2D eigenvalue weighted by Crippen LogP contribution is -2.26. The van der Waals surface area contributed by atoms with E-state index in [1.165, 1.54) is 10.9 Å². The number of aromatic nitrogens is 4. The molecule has 0 aliphatic carbocycles. The third kappa shape index (κ3) is 7.15. The van der Waals surface area contributed by atoms with E-state index < -0.39 is 0 Å². The number of hydrogen-bond donors (Lipinski definition) is 0. The molecular weight excluding hydrogens is 434 g/mol. The molecule has 0 N–H and O–H groups in total. The fourth-order valence-electron chi connectivity index (χ4n) is 3.57. The predicted molar refractivity (Wildman–Crippen MR) is 145 cm³/mol. The summed E-state index contributed by atoms with van der Waals surface area (Å²) in [4.78, 5) is 30.7. The molecule has 0 aliphatic rings. The highest BCUT2D eigenvalue weighted by Gasteiger charge is 2.10. The smallest absolute Gasteiger partial charge is 0.253 e. The minimum atomic E-state index is 0.0491. The zero-order valence-electron chi connectivity index (χ0n) is 22.3. The number of pyridine rings is 4. The molecular formula is C29H37N5O. The number of fused-ring (bicyclic) bond motifs is 1. The van der Waals surface area contributed by atoms with Crippen LogP contribution in [-0.4, -0.2) is 44.3 Å². The molecule has 6 nitrogen and oxygen atoms in total. The van der Waals surface area contributed by atoms with Crippen LogP contribution >= 0.6 is 0 Å². The summed E-state index contributed by atoms with van der Waals surface area (Å²) in [5, 5.41) is 2.30. The Morgan fingerprint density at radius 2 is 1.63 bits per heavy atom. The van der Waals surface area contributed by atoms with Gasteiger partial charge in [0.1, 0.15) is 0 Å². The van der Waals surface area contributed by atoms with Gasteiger partial charge in [0.15, 0.2) is 0 Å². The van der Waals surface area contributed by atoms with Gasteiger partial charge < -0.3 is 4.90 Å². The third-order valence-corrected chi connectivity index (χ3v) is 5.58. The summed E-state index contributed by atoms with van der Waals surface area (Å²) in [6.07, 6.45) is 8.28. The maximum absolute atomic E-state index is 11.6. The van der Waals surface area contributed by atoms with Crippen LogP contribution in [0, 0.1) is 20.8 Å². The molecule has 0 radical (unpaired) electrons. The second kappa shape index (κ2) is 13.3. The van der Waals surface area contributed by atoms with Gasteiger partial charge in [-0.3, -0.25) is 24.7 Å². The Morgan fingerprint density at radius 1 is 0.914 bits per heavy atom. The van der Waals surface area contributed by atoms with Gasteiger partial charge in [0.2, 0.25) is 0 Å². The van der Waals surface area contributed by atoms with E-state index >= 15 is 0 Å². The second-order valence-electron chi connectivity index (χ2n) is 8.03. The number of rotatable bonds is 4. The molecule has 6 heteroatoms. The molecule has 0 saturated heterocycles. The summed E-state index contributed by atoms with van der Waals surface area (Å²) in [6, 6.07) is 9.84. The third-order valence-electron chi connectivity index (χ3n) is 5.58. The van der Waals surface area contributed by atoms with Crippen molar-refractivity contribution < 1.29 is 4.79 Å². The molecule has 4 heterocycles. The minimum absolute atomic E-state index is 0.0491. The summed E-state index contributed by atoms with van der Waals surface area (Å²) in [6.45, 7) is 14.7. The van der Waals surface area contributed by atoms with Gasteiger partial charge in [-0.05, 0) is 75.4 Å². The van der Waals surface area contributed by atoms with E-state index in [2.05, 4.69) is 40.1 Å². The van der Waals surface area contributed by atoms with Crippen molar-refractivity contribution in [1.82, 2.24) is 24.8 Å². The van der Waals surface area contributed by atoms with Gasteiger partial charge in [-0.2, -0.15) is 0 Å². The first kappa shape index (κ1) is 27.6. The van der Waals surface area contributed by atoms with E-state index in [-0.39, 0.29) is 5.91 Å². The van der Waals surface area contributed by atoms with Crippen molar-refractivity contribution in [3.05, 3.63) is 83.3 Å². The van der Waals surface area contributed by atoms with Crippen LogP contribution in [0.15, 0.2) is 55.1 Å². The topological polar surface area (TPSA) is 71.9 Å². The van der Waals surface area contributed by atoms with Crippen LogP contribution < -0.4 is 0 Å². The van der Waals surface area contributed by atoms with Crippen molar-refractivity contribution >= 4 is 16.7 Å². The van der Waals surface area contributed by atoms with Crippen LogP contribution in [0.5, 0.6) is 0 Å². The standard InChI is InChI=1S/C17H17N3.C10H14N2O.C2H6/c1-4-13-5-6-18-9-16(13)17-8-14-7-11(2)19-10-15(14)12(3)20-17;1-4-12(3)10(13)9-5-6-11-8(2)7-9;1-2/h5-10H,4H2,1-3H3;5-7H,4H2,1-3H3;1-2H3. The highest BCUT2D eigenvalue weighted by molar-refractivity contribution is 5.94. The van der Waals surface area contributed by atoms with E-state index in [4.69, 9.17) is 4.98 Å². The van der Waals surface area contributed by atoms with E-state index in [1.807, 2.05) is 60.1 Å². The molecule has 0 bridgehead atoms. The lowest BCUT2D eigenvalue weighted by atomic mass is 10.0. The number of aryl methyl sites for hydroxylation is 4. The highest BCUT2D eigenvalue weighted by Crippen LogP contribution is 2.26. The average molecular weight is 472 g/mol. The Kier molecular flexibility index (Phi) is 10.5. The van der Waals surface area contributed by atoms with Crippen LogP contribution in [0.25, 0.3) is 22.0 Å². The van der Waals surface area contributed by atoms with Crippen LogP contribution in [-0.2, 0) is 6.42 Å². The van der Waals surface area contributed by atoms with Crippen molar-refractivity contribution in [2.24, 2.45) is 0 Å². The molecule has 4 rings (SSSR count). The van der Waals surface area contributed by atoms with Crippen molar-refractivity contribution in [2.75, 3.05) is 13.6 Å². The molecule has 0 unspecified atom stereocenters. The molecule has 1 amide bonds. The second-order valence-corrected chi connectivity index (χ2v) is 8.03. The fourth-order valence-corrected chi connectivity index (χ4v) is 3.57. The van der Waals surface area contributed by atoms with E-state index in [0.29, 0.717) is 5.56 Å².